The second kappa shape index (κ2) is 6.84. The first-order valence-electron chi connectivity index (χ1n) is 8.04. The Labute approximate surface area is 131 Å². The van der Waals surface area contributed by atoms with Crippen LogP contribution in [0.1, 0.15) is 31.7 Å². The lowest BCUT2D eigenvalue weighted by molar-refractivity contribution is -0.130. The molecule has 3 rings (SSSR count). The van der Waals surface area contributed by atoms with Crippen LogP contribution in [0, 0.1) is 0 Å². The molecular weight excluding hydrogens is 280 g/mol. The van der Waals surface area contributed by atoms with Crippen molar-refractivity contribution in [3.63, 3.8) is 0 Å². The SMILES string of the molecule is CCN(CC1CCCCN1)C(=O)C1Cc2ccccc2S1. The highest BCUT2D eigenvalue weighted by molar-refractivity contribution is 8.01. The van der Waals surface area contributed by atoms with Gasteiger partial charge in [-0.3, -0.25) is 4.79 Å². The van der Waals surface area contributed by atoms with Crippen molar-refractivity contribution in [3.8, 4) is 0 Å². The molecule has 0 aromatic heterocycles. The van der Waals surface area contributed by atoms with Gasteiger partial charge in [0.25, 0.3) is 0 Å². The summed E-state index contributed by atoms with van der Waals surface area (Å²) < 4.78 is 0. The predicted octanol–water partition coefficient (Wildman–Crippen LogP) is 2.69. The molecule has 4 heteroatoms. The third-order valence-corrected chi connectivity index (χ3v) is 5.77. The summed E-state index contributed by atoms with van der Waals surface area (Å²) in [6.07, 6.45) is 4.63. The third kappa shape index (κ3) is 3.43. The van der Waals surface area contributed by atoms with E-state index in [9.17, 15) is 4.79 Å². The largest absolute Gasteiger partial charge is 0.340 e. The Hall–Kier alpha value is -1.00. The summed E-state index contributed by atoms with van der Waals surface area (Å²) in [5.74, 6) is 0.311. The minimum Gasteiger partial charge on any atom is -0.340 e. The molecule has 1 aromatic carbocycles. The van der Waals surface area contributed by atoms with Crippen molar-refractivity contribution in [2.75, 3.05) is 19.6 Å². The van der Waals surface area contributed by atoms with Gasteiger partial charge in [-0.05, 0) is 44.4 Å². The number of piperidine rings is 1. The zero-order valence-corrected chi connectivity index (χ0v) is 13.5. The van der Waals surface area contributed by atoms with Crippen LogP contribution in [0.3, 0.4) is 0 Å². The molecule has 2 unspecified atom stereocenters. The van der Waals surface area contributed by atoms with Crippen LogP contribution in [0.25, 0.3) is 0 Å². The van der Waals surface area contributed by atoms with E-state index in [4.69, 9.17) is 0 Å². The monoisotopic (exact) mass is 304 g/mol. The Kier molecular flexibility index (Phi) is 4.86. The first-order chi connectivity index (χ1) is 10.3. The first-order valence-corrected chi connectivity index (χ1v) is 8.92. The zero-order chi connectivity index (χ0) is 14.7. The molecule has 0 aliphatic carbocycles. The molecule has 1 amide bonds. The van der Waals surface area contributed by atoms with Gasteiger partial charge in [0.05, 0.1) is 5.25 Å². The molecule has 0 saturated carbocycles. The molecule has 2 aliphatic rings. The quantitative estimate of drug-likeness (QED) is 0.928. The lowest BCUT2D eigenvalue weighted by Gasteiger charge is -2.31. The summed E-state index contributed by atoms with van der Waals surface area (Å²) in [6, 6.07) is 8.88. The molecular formula is C17H24N2OS. The van der Waals surface area contributed by atoms with Crippen molar-refractivity contribution in [3.05, 3.63) is 29.8 Å². The molecule has 3 nitrogen and oxygen atoms in total. The van der Waals surface area contributed by atoms with Gasteiger partial charge < -0.3 is 10.2 Å². The lowest BCUT2D eigenvalue weighted by atomic mass is 10.0. The molecule has 1 saturated heterocycles. The molecule has 2 heterocycles. The van der Waals surface area contributed by atoms with Crippen LogP contribution in [-0.4, -0.2) is 41.7 Å². The maximum atomic E-state index is 12.8. The molecule has 21 heavy (non-hydrogen) atoms. The lowest BCUT2D eigenvalue weighted by Crippen LogP contribution is -2.47. The highest BCUT2D eigenvalue weighted by Crippen LogP contribution is 2.37. The standard InChI is InChI=1S/C17H24N2OS/c1-2-19(12-14-8-5-6-10-18-14)17(20)16-11-13-7-3-4-9-15(13)21-16/h3-4,7,9,14,16,18H,2,5-6,8,10-12H2,1H3. The van der Waals surface area contributed by atoms with Crippen molar-refractivity contribution < 1.29 is 4.79 Å². The van der Waals surface area contributed by atoms with E-state index in [2.05, 4.69) is 36.5 Å². The number of amides is 1. The number of likely N-dealkylation sites (N-methyl/N-ethyl adjacent to an activating group) is 1. The van der Waals surface area contributed by atoms with Gasteiger partial charge in [-0.2, -0.15) is 0 Å². The van der Waals surface area contributed by atoms with Crippen LogP contribution in [0.5, 0.6) is 0 Å². The maximum absolute atomic E-state index is 12.8. The topological polar surface area (TPSA) is 32.3 Å². The van der Waals surface area contributed by atoms with Crippen molar-refractivity contribution in [2.45, 2.75) is 48.8 Å². The van der Waals surface area contributed by atoms with Crippen LogP contribution < -0.4 is 5.32 Å². The normalized spacial score (nSPS) is 24.6. The zero-order valence-electron chi connectivity index (χ0n) is 12.7. The molecule has 114 valence electrons. The first kappa shape index (κ1) is 14.9. The molecule has 2 aliphatic heterocycles. The molecule has 1 aromatic rings. The van der Waals surface area contributed by atoms with Crippen LogP contribution in [0.15, 0.2) is 29.2 Å². The van der Waals surface area contributed by atoms with E-state index < -0.39 is 0 Å². The van der Waals surface area contributed by atoms with Crippen LogP contribution in [0.2, 0.25) is 0 Å². The molecule has 1 fully saturated rings. The minimum atomic E-state index is 0.0749. The van der Waals surface area contributed by atoms with Crippen LogP contribution in [-0.2, 0) is 11.2 Å². The Bertz CT molecular complexity index is 474. The second-order valence-electron chi connectivity index (χ2n) is 5.94. The average molecular weight is 304 g/mol. The Morgan fingerprint density at radius 1 is 1.38 bits per heavy atom. The summed E-state index contributed by atoms with van der Waals surface area (Å²) >= 11 is 1.74. The number of nitrogens with one attached hydrogen (secondary N) is 1. The molecule has 0 spiro atoms. The van der Waals surface area contributed by atoms with E-state index in [1.165, 1.54) is 29.7 Å². The molecule has 1 N–H and O–H groups in total. The molecule has 0 radical (unpaired) electrons. The van der Waals surface area contributed by atoms with Gasteiger partial charge in [0.2, 0.25) is 5.91 Å². The number of carbonyl (C=O) groups is 1. The number of hydrogen-bond donors (Lipinski definition) is 1. The van der Waals surface area contributed by atoms with Crippen molar-refractivity contribution in [1.82, 2.24) is 10.2 Å². The third-order valence-electron chi connectivity index (χ3n) is 4.47. The highest BCUT2D eigenvalue weighted by atomic mass is 32.2. The van der Waals surface area contributed by atoms with Gasteiger partial charge in [-0.15, -0.1) is 11.8 Å². The second-order valence-corrected chi connectivity index (χ2v) is 7.19. The van der Waals surface area contributed by atoms with Crippen molar-refractivity contribution in [1.29, 1.82) is 0 Å². The minimum absolute atomic E-state index is 0.0749. The fraction of sp³-hybridized carbons (Fsp3) is 0.588. The maximum Gasteiger partial charge on any atom is 0.236 e. The van der Waals surface area contributed by atoms with E-state index in [-0.39, 0.29) is 5.25 Å². The van der Waals surface area contributed by atoms with Gasteiger partial charge in [-0.1, -0.05) is 24.6 Å². The predicted molar refractivity (Wildman–Crippen MR) is 87.7 cm³/mol. The van der Waals surface area contributed by atoms with E-state index in [0.717, 1.165) is 26.1 Å². The number of carbonyl (C=O) groups excluding carboxylic acids is 1. The smallest absolute Gasteiger partial charge is 0.236 e. The van der Waals surface area contributed by atoms with E-state index in [0.29, 0.717) is 11.9 Å². The van der Waals surface area contributed by atoms with Gasteiger partial charge in [0.15, 0.2) is 0 Å². The average Bonchev–Trinajstić information content (AvgIpc) is 2.97. The molecule has 2 atom stereocenters. The summed E-state index contributed by atoms with van der Waals surface area (Å²) in [7, 11) is 0. The Balaban J connectivity index is 1.61. The highest BCUT2D eigenvalue weighted by Gasteiger charge is 2.31. The fourth-order valence-electron chi connectivity index (χ4n) is 3.24. The van der Waals surface area contributed by atoms with Gasteiger partial charge in [0, 0.05) is 24.0 Å². The number of benzene rings is 1. The summed E-state index contributed by atoms with van der Waals surface area (Å²) in [4.78, 5) is 16.1. The summed E-state index contributed by atoms with van der Waals surface area (Å²) in [6.45, 7) is 4.86. The fourth-order valence-corrected chi connectivity index (χ4v) is 4.52. The van der Waals surface area contributed by atoms with Gasteiger partial charge >= 0.3 is 0 Å². The number of hydrogen-bond acceptors (Lipinski definition) is 3. The van der Waals surface area contributed by atoms with E-state index in [1.807, 2.05) is 4.90 Å². The Morgan fingerprint density at radius 3 is 2.95 bits per heavy atom. The van der Waals surface area contributed by atoms with Crippen molar-refractivity contribution >= 4 is 17.7 Å². The summed E-state index contributed by atoms with van der Waals surface area (Å²) in [5, 5.41) is 3.62. The van der Waals surface area contributed by atoms with E-state index >= 15 is 0 Å². The number of fused-ring (bicyclic) bond motifs is 1. The number of rotatable bonds is 4. The van der Waals surface area contributed by atoms with Crippen LogP contribution in [0.4, 0.5) is 0 Å². The van der Waals surface area contributed by atoms with Crippen LogP contribution >= 0.6 is 11.8 Å². The van der Waals surface area contributed by atoms with E-state index in [1.54, 1.807) is 11.8 Å². The molecule has 0 bridgehead atoms. The number of thioether (sulfide) groups is 1. The van der Waals surface area contributed by atoms with Gasteiger partial charge in [-0.25, -0.2) is 0 Å². The summed E-state index contributed by atoms with van der Waals surface area (Å²) in [5.41, 5.74) is 1.33. The van der Waals surface area contributed by atoms with Gasteiger partial charge in [0.1, 0.15) is 0 Å². The van der Waals surface area contributed by atoms with Crippen molar-refractivity contribution in [2.24, 2.45) is 0 Å². The Morgan fingerprint density at radius 2 is 2.24 bits per heavy atom. The number of nitrogens with zero attached hydrogens (tertiary/aromatic N) is 1.